The smallest absolute Gasteiger partial charge is 0.253 e. The minimum absolute atomic E-state index is 0.103. The molecule has 0 bridgehead atoms. The van der Waals surface area contributed by atoms with E-state index < -0.39 is 0 Å². The SMILES string of the molecule is COc1cc2c(cc1CNC1CCCNC1c1ccccc1)C(=O)N(C)CC2. The molecule has 2 atom stereocenters. The molecule has 0 saturated carbocycles. The quantitative estimate of drug-likeness (QED) is 0.839. The summed E-state index contributed by atoms with van der Waals surface area (Å²) >= 11 is 0. The van der Waals surface area contributed by atoms with Crippen molar-refractivity contribution in [1.29, 1.82) is 0 Å². The molecule has 4 rings (SSSR count). The number of fused-ring (bicyclic) bond motifs is 1. The maximum atomic E-state index is 12.6. The first kappa shape index (κ1) is 19.0. The highest BCUT2D eigenvalue weighted by Crippen LogP contribution is 2.29. The number of rotatable bonds is 5. The van der Waals surface area contributed by atoms with E-state index in [1.807, 2.05) is 19.2 Å². The summed E-state index contributed by atoms with van der Waals surface area (Å²) in [6, 6.07) is 15.3. The molecule has 1 amide bonds. The van der Waals surface area contributed by atoms with Crippen LogP contribution in [0, 0.1) is 0 Å². The molecule has 2 aliphatic rings. The molecule has 28 heavy (non-hydrogen) atoms. The Hall–Kier alpha value is -2.37. The fourth-order valence-corrected chi connectivity index (χ4v) is 4.36. The second kappa shape index (κ2) is 8.33. The summed E-state index contributed by atoms with van der Waals surface area (Å²) in [5.74, 6) is 0.968. The fourth-order valence-electron chi connectivity index (χ4n) is 4.36. The molecule has 148 valence electrons. The average Bonchev–Trinajstić information content (AvgIpc) is 2.75. The molecule has 5 heteroatoms. The standard InChI is InChI=1S/C23H29N3O2/c1-26-12-10-17-14-21(28-2)18(13-19(17)23(26)27)15-25-20-9-6-11-24-22(20)16-7-4-3-5-8-16/h3-5,7-8,13-14,20,22,24-25H,6,9-12,15H2,1-2H3. The van der Waals surface area contributed by atoms with E-state index >= 15 is 0 Å². The molecule has 2 heterocycles. The van der Waals surface area contributed by atoms with Gasteiger partial charge in [0, 0.05) is 43.3 Å². The van der Waals surface area contributed by atoms with E-state index in [1.165, 1.54) is 5.56 Å². The van der Waals surface area contributed by atoms with Crippen LogP contribution in [0.2, 0.25) is 0 Å². The number of hydrogen-bond acceptors (Lipinski definition) is 4. The highest BCUT2D eigenvalue weighted by Gasteiger charge is 2.27. The molecule has 1 fully saturated rings. The molecular formula is C23H29N3O2. The van der Waals surface area contributed by atoms with Crippen LogP contribution in [-0.2, 0) is 13.0 Å². The van der Waals surface area contributed by atoms with Crippen molar-refractivity contribution in [2.45, 2.75) is 37.9 Å². The normalized spacial score (nSPS) is 22.1. The van der Waals surface area contributed by atoms with E-state index in [1.54, 1.807) is 12.0 Å². The highest BCUT2D eigenvalue weighted by atomic mass is 16.5. The number of piperidine rings is 1. The lowest BCUT2D eigenvalue weighted by Crippen LogP contribution is -2.45. The van der Waals surface area contributed by atoms with Gasteiger partial charge >= 0.3 is 0 Å². The van der Waals surface area contributed by atoms with Crippen molar-refractivity contribution in [2.24, 2.45) is 0 Å². The van der Waals surface area contributed by atoms with Gasteiger partial charge < -0.3 is 20.3 Å². The van der Waals surface area contributed by atoms with Crippen LogP contribution >= 0.6 is 0 Å². The van der Waals surface area contributed by atoms with Crippen molar-refractivity contribution in [3.8, 4) is 5.75 Å². The van der Waals surface area contributed by atoms with Crippen LogP contribution in [0.15, 0.2) is 42.5 Å². The van der Waals surface area contributed by atoms with Gasteiger partial charge in [0.2, 0.25) is 0 Å². The summed E-state index contributed by atoms with van der Waals surface area (Å²) in [5.41, 5.74) is 4.26. The number of likely N-dealkylation sites (N-methyl/N-ethyl adjacent to an activating group) is 1. The van der Waals surface area contributed by atoms with Gasteiger partial charge in [-0.1, -0.05) is 30.3 Å². The molecule has 2 unspecified atom stereocenters. The van der Waals surface area contributed by atoms with Crippen LogP contribution in [0.4, 0.5) is 0 Å². The number of nitrogens with zero attached hydrogens (tertiary/aromatic N) is 1. The average molecular weight is 380 g/mol. The summed E-state index contributed by atoms with van der Waals surface area (Å²) in [6.45, 7) is 2.49. The second-order valence-corrected chi connectivity index (χ2v) is 7.77. The molecule has 2 aliphatic heterocycles. The monoisotopic (exact) mass is 379 g/mol. The molecule has 0 radical (unpaired) electrons. The molecule has 0 spiro atoms. The summed E-state index contributed by atoms with van der Waals surface area (Å²) in [6.07, 6.45) is 3.16. The van der Waals surface area contributed by atoms with Crippen molar-refractivity contribution in [1.82, 2.24) is 15.5 Å². The number of nitrogens with one attached hydrogen (secondary N) is 2. The van der Waals surface area contributed by atoms with Crippen LogP contribution in [0.3, 0.4) is 0 Å². The molecule has 5 nitrogen and oxygen atoms in total. The van der Waals surface area contributed by atoms with Crippen molar-refractivity contribution in [3.05, 3.63) is 64.7 Å². The zero-order valence-electron chi connectivity index (χ0n) is 16.7. The van der Waals surface area contributed by atoms with Gasteiger partial charge in [-0.25, -0.2) is 0 Å². The molecule has 0 aromatic heterocycles. The lowest BCUT2D eigenvalue weighted by Gasteiger charge is -2.34. The Morgan fingerprint density at radius 2 is 2.07 bits per heavy atom. The summed E-state index contributed by atoms with van der Waals surface area (Å²) in [5, 5.41) is 7.39. The first-order valence-electron chi connectivity index (χ1n) is 10.1. The third kappa shape index (κ3) is 3.77. The predicted molar refractivity (Wildman–Crippen MR) is 111 cm³/mol. The maximum absolute atomic E-state index is 12.6. The van der Waals surface area contributed by atoms with Gasteiger partial charge in [-0.3, -0.25) is 4.79 Å². The van der Waals surface area contributed by atoms with Gasteiger partial charge in [0.1, 0.15) is 5.75 Å². The number of carbonyl (C=O) groups is 1. The van der Waals surface area contributed by atoms with Crippen molar-refractivity contribution >= 4 is 5.91 Å². The topological polar surface area (TPSA) is 53.6 Å². The van der Waals surface area contributed by atoms with Crippen LogP contribution in [-0.4, -0.2) is 44.1 Å². The number of benzene rings is 2. The minimum Gasteiger partial charge on any atom is -0.496 e. The lowest BCUT2D eigenvalue weighted by atomic mass is 9.91. The predicted octanol–water partition coefficient (Wildman–Crippen LogP) is 2.91. The van der Waals surface area contributed by atoms with E-state index in [0.717, 1.165) is 54.8 Å². The minimum atomic E-state index is 0.103. The summed E-state index contributed by atoms with van der Waals surface area (Å²) < 4.78 is 5.64. The number of ether oxygens (including phenoxy) is 1. The summed E-state index contributed by atoms with van der Waals surface area (Å²) in [4.78, 5) is 14.4. The number of hydrogen-bond donors (Lipinski definition) is 2. The first-order chi connectivity index (χ1) is 13.7. The Morgan fingerprint density at radius 1 is 1.25 bits per heavy atom. The van der Waals surface area contributed by atoms with E-state index in [2.05, 4.69) is 41.0 Å². The van der Waals surface area contributed by atoms with Crippen molar-refractivity contribution in [2.75, 3.05) is 27.2 Å². The van der Waals surface area contributed by atoms with E-state index in [0.29, 0.717) is 18.6 Å². The zero-order valence-corrected chi connectivity index (χ0v) is 16.7. The third-order valence-electron chi connectivity index (χ3n) is 5.97. The van der Waals surface area contributed by atoms with E-state index in [-0.39, 0.29) is 5.91 Å². The Bertz CT molecular complexity index is 837. The van der Waals surface area contributed by atoms with E-state index in [4.69, 9.17) is 4.74 Å². The van der Waals surface area contributed by atoms with Gasteiger partial charge in [-0.2, -0.15) is 0 Å². The van der Waals surface area contributed by atoms with Crippen LogP contribution in [0.5, 0.6) is 5.75 Å². The molecule has 0 aliphatic carbocycles. The van der Waals surface area contributed by atoms with E-state index in [9.17, 15) is 4.79 Å². The second-order valence-electron chi connectivity index (χ2n) is 7.77. The maximum Gasteiger partial charge on any atom is 0.253 e. The van der Waals surface area contributed by atoms with Gasteiger partial charge in [-0.05, 0) is 49.1 Å². The molecule has 2 aromatic rings. The van der Waals surface area contributed by atoms with Crippen molar-refractivity contribution < 1.29 is 9.53 Å². The van der Waals surface area contributed by atoms with Crippen LogP contribution < -0.4 is 15.4 Å². The first-order valence-corrected chi connectivity index (χ1v) is 10.1. The molecule has 1 saturated heterocycles. The van der Waals surface area contributed by atoms with Gasteiger partial charge in [0.15, 0.2) is 0 Å². The van der Waals surface area contributed by atoms with Gasteiger partial charge in [-0.15, -0.1) is 0 Å². The summed E-state index contributed by atoms with van der Waals surface area (Å²) in [7, 11) is 3.57. The number of amides is 1. The molecule has 2 aromatic carbocycles. The van der Waals surface area contributed by atoms with Crippen LogP contribution in [0.1, 0.15) is 45.9 Å². The van der Waals surface area contributed by atoms with Crippen LogP contribution in [0.25, 0.3) is 0 Å². The zero-order chi connectivity index (χ0) is 19.5. The lowest BCUT2D eigenvalue weighted by molar-refractivity contribution is 0.0780. The Labute approximate surface area is 167 Å². The largest absolute Gasteiger partial charge is 0.496 e. The third-order valence-corrected chi connectivity index (χ3v) is 5.97. The Balaban J connectivity index is 1.54. The highest BCUT2D eigenvalue weighted by molar-refractivity contribution is 5.97. The number of methoxy groups -OCH3 is 1. The number of carbonyl (C=O) groups excluding carboxylic acids is 1. The van der Waals surface area contributed by atoms with Gasteiger partial charge in [0.25, 0.3) is 5.91 Å². The molecule has 2 N–H and O–H groups in total. The Kier molecular flexibility index (Phi) is 5.64. The fraction of sp³-hybridized carbons (Fsp3) is 0.435. The molecular weight excluding hydrogens is 350 g/mol. The van der Waals surface area contributed by atoms with Gasteiger partial charge in [0.05, 0.1) is 7.11 Å². The Morgan fingerprint density at radius 3 is 2.86 bits per heavy atom. The van der Waals surface area contributed by atoms with Crippen molar-refractivity contribution in [3.63, 3.8) is 0 Å².